The number of nitrogens with one attached hydrogen (secondary N) is 2. The van der Waals surface area contributed by atoms with E-state index in [1.165, 1.54) is 12.7 Å². The predicted octanol–water partition coefficient (Wildman–Crippen LogP) is -0.785. The van der Waals surface area contributed by atoms with Crippen molar-refractivity contribution < 1.29 is 4.79 Å². The molecule has 8 nitrogen and oxygen atoms in total. The minimum absolute atomic E-state index is 0.317. The van der Waals surface area contributed by atoms with Crippen molar-refractivity contribution in [2.45, 2.75) is 6.42 Å². The van der Waals surface area contributed by atoms with Gasteiger partial charge in [-0.1, -0.05) is 0 Å². The van der Waals surface area contributed by atoms with Crippen LogP contribution in [0.2, 0.25) is 0 Å². The van der Waals surface area contributed by atoms with Crippen LogP contribution in [0.15, 0.2) is 12.7 Å². The molecule has 2 heterocycles. The molecule has 0 fully saturated rings. The number of rotatable bonds is 6. The first kappa shape index (κ1) is 12.2. The van der Waals surface area contributed by atoms with Crippen LogP contribution in [0.1, 0.15) is 6.42 Å². The van der Waals surface area contributed by atoms with Crippen LogP contribution in [0.3, 0.4) is 0 Å². The van der Waals surface area contributed by atoms with E-state index in [9.17, 15) is 4.79 Å². The first-order valence-corrected chi connectivity index (χ1v) is 5.59. The van der Waals surface area contributed by atoms with Gasteiger partial charge >= 0.3 is 0 Å². The Kier molecular flexibility index (Phi) is 3.68. The van der Waals surface area contributed by atoms with Gasteiger partial charge in [0.25, 0.3) is 0 Å². The number of carbonyl (C=O) groups is 1. The van der Waals surface area contributed by atoms with Gasteiger partial charge in [-0.3, -0.25) is 4.79 Å². The number of primary amides is 1. The van der Waals surface area contributed by atoms with Crippen molar-refractivity contribution in [1.82, 2.24) is 19.9 Å². The van der Waals surface area contributed by atoms with Crippen molar-refractivity contribution in [2.24, 2.45) is 17.4 Å². The molecule has 0 saturated carbocycles. The summed E-state index contributed by atoms with van der Waals surface area (Å²) in [5, 5.41) is 3.06. The Labute approximate surface area is 103 Å². The van der Waals surface area contributed by atoms with E-state index in [4.69, 9.17) is 11.5 Å². The number of anilines is 1. The molecule has 0 radical (unpaired) electrons. The smallest absolute Gasteiger partial charge is 0.222 e. The van der Waals surface area contributed by atoms with Gasteiger partial charge in [-0.15, -0.1) is 0 Å². The highest BCUT2D eigenvalue weighted by Crippen LogP contribution is 2.15. The summed E-state index contributed by atoms with van der Waals surface area (Å²) >= 11 is 0. The highest BCUT2D eigenvalue weighted by molar-refractivity contribution is 5.82. The third-order valence-corrected chi connectivity index (χ3v) is 2.66. The molecule has 8 heteroatoms. The number of nitrogens with two attached hydrogens (primary N) is 2. The van der Waals surface area contributed by atoms with Gasteiger partial charge < -0.3 is 21.8 Å². The van der Waals surface area contributed by atoms with E-state index in [1.807, 2.05) is 0 Å². The minimum Gasteiger partial charge on any atom is -0.369 e. The number of imidazole rings is 1. The number of amides is 1. The van der Waals surface area contributed by atoms with Gasteiger partial charge in [0.15, 0.2) is 11.5 Å². The number of hydrogen-bond donors (Lipinski definition) is 4. The summed E-state index contributed by atoms with van der Waals surface area (Å²) in [4.78, 5) is 26.2. The van der Waals surface area contributed by atoms with Crippen molar-refractivity contribution in [3.63, 3.8) is 0 Å². The molecule has 1 atom stereocenters. The molecular weight excluding hydrogens is 234 g/mol. The van der Waals surface area contributed by atoms with E-state index in [0.29, 0.717) is 36.5 Å². The van der Waals surface area contributed by atoms with Crippen molar-refractivity contribution in [2.75, 3.05) is 18.4 Å². The summed E-state index contributed by atoms with van der Waals surface area (Å²) in [5.74, 6) is -0.0911. The van der Waals surface area contributed by atoms with Crippen molar-refractivity contribution in [1.29, 1.82) is 0 Å². The summed E-state index contributed by atoms with van der Waals surface area (Å²) < 4.78 is 0. The van der Waals surface area contributed by atoms with Crippen molar-refractivity contribution in [3.8, 4) is 0 Å². The second-order valence-electron chi connectivity index (χ2n) is 3.88. The molecule has 18 heavy (non-hydrogen) atoms. The van der Waals surface area contributed by atoms with Gasteiger partial charge in [-0.25, -0.2) is 15.0 Å². The number of carbonyl (C=O) groups excluding carboxylic acids is 1. The van der Waals surface area contributed by atoms with Gasteiger partial charge in [-0.2, -0.15) is 0 Å². The van der Waals surface area contributed by atoms with E-state index in [-0.39, 0.29) is 11.8 Å². The summed E-state index contributed by atoms with van der Waals surface area (Å²) in [6.45, 7) is 0.802. The molecule has 6 N–H and O–H groups in total. The topological polar surface area (TPSA) is 136 Å². The van der Waals surface area contributed by atoms with Crippen LogP contribution in [0.5, 0.6) is 0 Å². The van der Waals surface area contributed by atoms with Crippen LogP contribution in [0.4, 0.5) is 5.82 Å². The van der Waals surface area contributed by atoms with Crippen molar-refractivity contribution >= 4 is 22.9 Å². The quantitative estimate of drug-likeness (QED) is 0.530. The molecule has 2 aromatic heterocycles. The van der Waals surface area contributed by atoms with Crippen LogP contribution in [0.25, 0.3) is 11.2 Å². The van der Waals surface area contributed by atoms with Gasteiger partial charge in [0.2, 0.25) is 5.91 Å². The molecule has 0 aliphatic rings. The fourth-order valence-corrected chi connectivity index (χ4v) is 1.67. The Morgan fingerprint density at radius 3 is 3.00 bits per heavy atom. The van der Waals surface area contributed by atoms with Gasteiger partial charge in [-0.05, 0) is 13.0 Å². The Morgan fingerprint density at radius 1 is 1.44 bits per heavy atom. The maximum atomic E-state index is 11.2. The van der Waals surface area contributed by atoms with Crippen LogP contribution < -0.4 is 16.8 Å². The fraction of sp³-hybridized carbons (Fsp3) is 0.400. The largest absolute Gasteiger partial charge is 0.369 e. The first-order chi connectivity index (χ1) is 8.72. The van der Waals surface area contributed by atoms with Crippen molar-refractivity contribution in [3.05, 3.63) is 12.7 Å². The summed E-state index contributed by atoms with van der Waals surface area (Å²) in [7, 11) is 0. The number of hydrogen-bond acceptors (Lipinski definition) is 6. The molecule has 0 spiro atoms. The molecule has 96 valence electrons. The Balaban J connectivity index is 2.09. The monoisotopic (exact) mass is 249 g/mol. The van der Waals surface area contributed by atoms with E-state index in [0.717, 1.165) is 0 Å². The lowest BCUT2D eigenvalue weighted by Crippen LogP contribution is -2.31. The average molecular weight is 249 g/mol. The third-order valence-electron chi connectivity index (χ3n) is 2.66. The lowest BCUT2D eigenvalue weighted by atomic mass is 10.1. The zero-order valence-electron chi connectivity index (χ0n) is 9.76. The van der Waals surface area contributed by atoms with Crippen LogP contribution >= 0.6 is 0 Å². The standard InChI is InChI=1S/C10H15N7O/c11-2-1-6(8(12)18)3-13-9-7-10(15-4-14-7)17-5-16-9/h4-6H,1-3,11H2,(H2,12,18)(H2,13,14,15,16,17). The summed E-state index contributed by atoms with van der Waals surface area (Å²) in [6.07, 6.45) is 3.49. The lowest BCUT2D eigenvalue weighted by molar-refractivity contribution is -0.121. The number of aromatic amines is 1. The molecule has 2 aromatic rings. The highest BCUT2D eigenvalue weighted by Gasteiger charge is 2.15. The average Bonchev–Trinajstić information content (AvgIpc) is 2.82. The molecule has 0 aliphatic heterocycles. The number of nitrogens with zero attached hydrogens (tertiary/aromatic N) is 3. The maximum absolute atomic E-state index is 11.2. The molecule has 0 bridgehead atoms. The summed E-state index contributed by atoms with van der Waals surface area (Å²) in [6, 6.07) is 0. The summed E-state index contributed by atoms with van der Waals surface area (Å²) in [5.41, 5.74) is 12.0. The Bertz CT molecular complexity index is 538. The van der Waals surface area contributed by atoms with Gasteiger partial charge in [0, 0.05) is 6.54 Å². The second-order valence-corrected chi connectivity index (χ2v) is 3.88. The zero-order chi connectivity index (χ0) is 13.0. The first-order valence-electron chi connectivity index (χ1n) is 5.59. The zero-order valence-corrected chi connectivity index (χ0v) is 9.76. The highest BCUT2D eigenvalue weighted by atomic mass is 16.1. The molecule has 1 amide bonds. The van der Waals surface area contributed by atoms with Gasteiger partial charge in [0.05, 0.1) is 12.2 Å². The van der Waals surface area contributed by atoms with E-state index < -0.39 is 0 Å². The fourth-order valence-electron chi connectivity index (χ4n) is 1.67. The predicted molar refractivity (Wildman–Crippen MR) is 66.5 cm³/mol. The molecule has 1 unspecified atom stereocenters. The van der Waals surface area contributed by atoms with E-state index in [1.54, 1.807) is 0 Å². The molecule has 2 rings (SSSR count). The third kappa shape index (κ3) is 2.54. The number of fused-ring (bicyclic) bond motifs is 1. The van der Waals surface area contributed by atoms with Crippen LogP contribution in [-0.2, 0) is 4.79 Å². The van der Waals surface area contributed by atoms with E-state index >= 15 is 0 Å². The molecule has 0 saturated heterocycles. The van der Waals surface area contributed by atoms with Crippen LogP contribution in [-0.4, -0.2) is 38.9 Å². The number of aromatic nitrogens is 4. The van der Waals surface area contributed by atoms with Gasteiger partial charge in [0.1, 0.15) is 11.8 Å². The minimum atomic E-state index is -0.372. The Morgan fingerprint density at radius 2 is 2.28 bits per heavy atom. The maximum Gasteiger partial charge on any atom is 0.222 e. The van der Waals surface area contributed by atoms with Crippen LogP contribution in [0, 0.1) is 5.92 Å². The second kappa shape index (κ2) is 5.41. The molecular formula is C10H15N7O. The molecule has 0 aromatic carbocycles. The lowest BCUT2D eigenvalue weighted by Gasteiger charge is -2.13. The number of H-pyrrole nitrogens is 1. The SMILES string of the molecule is NCCC(CNc1ncnc2nc[nH]c12)C(N)=O. The molecule has 0 aliphatic carbocycles. The normalized spacial score (nSPS) is 12.5. The Hall–Kier alpha value is -2.22. The van der Waals surface area contributed by atoms with E-state index in [2.05, 4.69) is 25.3 Å².